The molecule has 0 radical (unpaired) electrons. The third-order valence-electron chi connectivity index (χ3n) is 4.01. The van der Waals surface area contributed by atoms with Gasteiger partial charge in [0.2, 0.25) is 0 Å². The molecule has 0 bridgehead atoms. The Morgan fingerprint density at radius 1 is 1.48 bits per heavy atom. The fourth-order valence-electron chi connectivity index (χ4n) is 2.97. The molecule has 21 heavy (non-hydrogen) atoms. The van der Waals surface area contributed by atoms with Gasteiger partial charge in [-0.1, -0.05) is 12.8 Å². The van der Waals surface area contributed by atoms with E-state index in [1.54, 1.807) is 6.20 Å². The van der Waals surface area contributed by atoms with Crippen LogP contribution in [0.3, 0.4) is 0 Å². The lowest BCUT2D eigenvalue weighted by Crippen LogP contribution is -2.35. The Bertz CT molecular complexity index is 457. The molecule has 0 atom stereocenters. The van der Waals surface area contributed by atoms with Gasteiger partial charge in [0.05, 0.1) is 0 Å². The lowest BCUT2D eigenvalue weighted by Gasteiger charge is -2.31. The van der Waals surface area contributed by atoms with Crippen molar-refractivity contribution in [2.75, 3.05) is 24.5 Å². The minimum absolute atomic E-state index is 0.107. The Morgan fingerprint density at radius 3 is 2.90 bits per heavy atom. The maximum absolute atomic E-state index is 11.9. The van der Waals surface area contributed by atoms with E-state index in [-0.39, 0.29) is 5.91 Å². The molecule has 1 aliphatic carbocycles. The van der Waals surface area contributed by atoms with Gasteiger partial charge in [0.15, 0.2) is 0 Å². The van der Waals surface area contributed by atoms with Crippen molar-refractivity contribution in [3.63, 3.8) is 0 Å². The van der Waals surface area contributed by atoms with Crippen molar-refractivity contribution in [1.82, 2.24) is 10.3 Å². The fraction of sp³-hybridized carbons (Fsp3) is 0.625. The molecule has 2 rings (SSSR count). The van der Waals surface area contributed by atoms with Crippen LogP contribution in [0.25, 0.3) is 0 Å². The average Bonchev–Trinajstić information content (AvgIpc) is 3.02. The number of pyridine rings is 1. The van der Waals surface area contributed by atoms with E-state index in [0.717, 1.165) is 18.7 Å². The van der Waals surface area contributed by atoms with E-state index in [2.05, 4.69) is 15.2 Å². The zero-order chi connectivity index (χ0) is 15.1. The highest BCUT2D eigenvalue weighted by atomic mass is 16.1. The minimum atomic E-state index is -0.107. The topological polar surface area (TPSA) is 71.2 Å². The summed E-state index contributed by atoms with van der Waals surface area (Å²) in [5, 5.41) is 2.80. The smallest absolute Gasteiger partial charge is 0.269 e. The van der Waals surface area contributed by atoms with E-state index < -0.39 is 0 Å². The number of aromatic nitrogens is 1. The van der Waals surface area contributed by atoms with E-state index in [1.807, 2.05) is 19.1 Å². The normalized spacial score (nSPS) is 15.1. The molecule has 0 aromatic carbocycles. The highest BCUT2D eigenvalue weighted by Crippen LogP contribution is 2.28. The summed E-state index contributed by atoms with van der Waals surface area (Å²) in [7, 11) is 0. The molecule has 1 aliphatic rings. The van der Waals surface area contributed by atoms with Crippen molar-refractivity contribution < 1.29 is 4.79 Å². The van der Waals surface area contributed by atoms with Gasteiger partial charge in [0.1, 0.15) is 5.69 Å². The molecule has 0 aliphatic heterocycles. The quantitative estimate of drug-likeness (QED) is 0.805. The lowest BCUT2D eigenvalue weighted by atomic mass is 10.1. The van der Waals surface area contributed by atoms with Crippen LogP contribution in [-0.2, 0) is 0 Å². The van der Waals surface area contributed by atoms with Gasteiger partial charge >= 0.3 is 0 Å². The Hall–Kier alpha value is -1.62. The Kier molecular flexibility index (Phi) is 5.99. The number of carbonyl (C=O) groups excluding carboxylic acids is 1. The highest BCUT2D eigenvalue weighted by molar-refractivity contribution is 5.93. The molecule has 1 aromatic rings. The zero-order valence-corrected chi connectivity index (χ0v) is 12.8. The van der Waals surface area contributed by atoms with Crippen LogP contribution in [0.2, 0.25) is 0 Å². The van der Waals surface area contributed by atoms with Crippen LogP contribution in [0.5, 0.6) is 0 Å². The Morgan fingerprint density at radius 2 is 2.24 bits per heavy atom. The summed E-state index contributed by atoms with van der Waals surface area (Å²) in [5.41, 5.74) is 7.25. The fourth-order valence-corrected chi connectivity index (χ4v) is 2.97. The highest BCUT2D eigenvalue weighted by Gasteiger charge is 2.23. The second-order valence-corrected chi connectivity index (χ2v) is 5.53. The van der Waals surface area contributed by atoms with Crippen molar-refractivity contribution in [3.05, 3.63) is 24.0 Å². The van der Waals surface area contributed by atoms with Gasteiger partial charge in [-0.25, -0.2) is 0 Å². The minimum Gasteiger partial charge on any atom is -0.368 e. The predicted octanol–water partition coefficient (Wildman–Crippen LogP) is 1.93. The maximum atomic E-state index is 11.9. The van der Waals surface area contributed by atoms with Crippen molar-refractivity contribution in [2.24, 2.45) is 5.73 Å². The number of nitrogens with one attached hydrogen (secondary N) is 1. The molecule has 116 valence electrons. The van der Waals surface area contributed by atoms with Crippen molar-refractivity contribution in [3.8, 4) is 0 Å². The molecule has 1 aromatic heterocycles. The monoisotopic (exact) mass is 290 g/mol. The molecule has 5 heteroatoms. The standard InChI is InChI=1S/C16H26N4O/c1-2-18-16(21)15-12-14(8-10-19-15)20(11-5-9-17)13-6-3-4-7-13/h8,10,12-13H,2-7,9,11,17H2,1H3,(H,18,21). The van der Waals surface area contributed by atoms with Crippen molar-refractivity contribution in [1.29, 1.82) is 0 Å². The molecule has 3 N–H and O–H groups in total. The van der Waals surface area contributed by atoms with Gasteiger partial charge in [-0.3, -0.25) is 9.78 Å². The summed E-state index contributed by atoms with van der Waals surface area (Å²) < 4.78 is 0. The molecule has 5 nitrogen and oxygen atoms in total. The van der Waals surface area contributed by atoms with Crippen LogP contribution in [-0.4, -0.2) is 36.6 Å². The van der Waals surface area contributed by atoms with Crippen LogP contribution >= 0.6 is 0 Å². The van der Waals surface area contributed by atoms with Gasteiger partial charge < -0.3 is 16.0 Å². The summed E-state index contributed by atoms with van der Waals surface area (Å²) in [5.74, 6) is -0.107. The molecule has 1 fully saturated rings. The van der Waals surface area contributed by atoms with E-state index in [1.165, 1.54) is 25.7 Å². The summed E-state index contributed by atoms with van der Waals surface area (Å²) in [6.45, 7) is 4.16. The number of nitrogens with two attached hydrogens (primary N) is 1. The first-order valence-corrected chi connectivity index (χ1v) is 7.97. The molecule has 1 amide bonds. The first-order chi connectivity index (χ1) is 10.3. The predicted molar refractivity (Wildman–Crippen MR) is 85.5 cm³/mol. The summed E-state index contributed by atoms with van der Waals surface area (Å²) in [6.07, 6.45) is 7.72. The molecule has 1 heterocycles. The molecule has 0 spiro atoms. The Balaban J connectivity index is 2.18. The summed E-state index contributed by atoms with van der Waals surface area (Å²) in [4.78, 5) is 18.5. The van der Waals surface area contributed by atoms with Crippen LogP contribution in [0.15, 0.2) is 18.3 Å². The number of nitrogens with zero attached hydrogens (tertiary/aromatic N) is 2. The zero-order valence-electron chi connectivity index (χ0n) is 12.8. The van der Waals surface area contributed by atoms with Gasteiger partial charge in [0, 0.05) is 31.0 Å². The van der Waals surface area contributed by atoms with Crippen LogP contribution in [0, 0.1) is 0 Å². The van der Waals surface area contributed by atoms with Crippen LogP contribution < -0.4 is 16.0 Å². The second kappa shape index (κ2) is 7.98. The first kappa shape index (κ1) is 15.8. The number of rotatable bonds is 7. The van der Waals surface area contributed by atoms with E-state index in [9.17, 15) is 4.79 Å². The summed E-state index contributed by atoms with van der Waals surface area (Å²) >= 11 is 0. The number of anilines is 1. The van der Waals surface area contributed by atoms with Crippen molar-refractivity contribution >= 4 is 11.6 Å². The Labute approximate surface area is 126 Å². The first-order valence-electron chi connectivity index (χ1n) is 7.97. The second-order valence-electron chi connectivity index (χ2n) is 5.53. The van der Waals surface area contributed by atoms with E-state index >= 15 is 0 Å². The summed E-state index contributed by atoms with van der Waals surface area (Å²) in [6, 6.07) is 4.47. The maximum Gasteiger partial charge on any atom is 0.269 e. The van der Waals surface area contributed by atoms with Crippen molar-refractivity contribution in [2.45, 2.75) is 45.1 Å². The number of hydrogen-bond acceptors (Lipinski definition) is 4. The third kappa shape index (κ3) is 4.17. The number of amides is 1. The van der Waals surface area contributed by atoms with Crippen LogP contribution in [0.1, 0.15) is 49.5 Å². The number of hydrogen-bond donors (Lipinski definition) is 2. The largest absolute Gasteiger partial charge is 0.368 e. The van der Waals surface area contributed by atoms with Gasteiger partial charge in [-0.05, 0) is 44.9 Å². The molecular weight excluding hydrogens is 264 g/mol. The van der Waals surface area contributed by atoms with Crippen LogP contribution in [0.4, 0.5) is 5.69 Å². The average molecular weight is 290 g/mol. The van der Waals surface area contributed by atoms with E-state index in [4.69, 9.17) is 5.73 Å². The van der Waals surface area contributed by atoms with Gasteiger partial charge in [0.25, 0.3) is 5.91 Å². The number of carbonyl (C=O) groups is 1. The molecular formula is C16H26N4O. The van der Waals surface area contributed by atoms with E-state index in [0.29, 0.717) is 24.8 Å². The van der Waals surface area contributed by atoms with Gasteiger partial charge in [-0.2, -0.15) is 0 Å². The molecule has 0 unspecified atom stereocenters. The van der Waals surface area contributed by atoms with Gasteiger partial charge in [-0.15, -0.1) is 0 Å². The SMILES string of the molecule is CCNC(=O)c1cc(N(CCCN)C2CCCC2)ccn1. The molecule has 0 saturated heterocycles. The molecule has 1 saturated carbocycles. The third-order valence-corrected chi connectivity index (χ3v) is 4.01. The lowest BCUT2D eigenvalue weighted by molar-refractivity contribution is 0.0951.